The molecule has 1 aromatic carbocycles. The molecule has 0 saturated carbocycles. The van der Waals surface area contributed by atoms with E-state index >= 15 is 0 Å². The van der Waals surface area contributed by atoms with E-state index in [0.29, 0.717) is 13.0 Å². The minimum atomic E-state index is -2.79. The van der Waals surface area contributed by atoms with Gasteiger partial charge in [0.2, 0.25) is 5.91 Å². The predicted octanol–water partition coefficient (Wildman–Crippen LogP) is 3.54. The van der Waals surface area contributed by atoms with Crippen LogP contribution in [0.1, 0.15) is 50.5 Å². The van der Waals surface area contributed by atoms with E-state index in [0.717, 1.165) is 57.5 Å². The van der Waals surface area contributed by atoms with Crippen LogP contribution in [-0.2, 0) is 11.3 Å². The molecule has 2 rings (SSSR count). The number of carbonyl (C=O) groups is 1. The minimum absolute atomic E-state index is 0.156. The van der Waals surface area contributed by atoms with Crippen LogP contribution in [0.3, 0.4) is 0 Å². The fraction of sp³-hybridized carbons (Fsp3) is 0.667. The number of amides is 1. The van der Waals surface area contributed by atoms with Gasteiger partial charge in [0, 0.05) is 26.1 Å². The summed E-state index contributed by atoms with van der Waals surface area (Å²) in [5.41, 5.74) is 1.03. The van der Waals surface area contributed by atoms with Gasteiger partial charge in [-0.2, -0.15) is 8.78 Å². The van der Waals surface area contributed by atoms with Crippen molar-refractivity contribution in [3.8, 4) is 5.75 Å². The van der Waals surface area contributed by atoms with Gasteiger partial charge in [-0.05, 0) is 63.0 Å². The molecule has 0 unspecified atom stereocenters. The standard InChI is InChI=1S/C21H33F2N3O2/c22-21(23)28-19-9-7-18(8-10-19)17-24-12-3-1-4-13-25-20(27)11-16-26-14-5-2-6-15-26/h7-10,21,24H,1-6,11-17H2,(H,25,27). The van der Waals surface area contributed by atoms with E-state index in [2.05, 4.69) is 20.3 Å². The highest BCUT2D eigenvalue weighted by Gasteiger charge is 2.11. The third-order valence-electron chi connectivity index (χ3n) is 4.93. The third kappa shape index (κ3) is 9.99. The molecule has 1 heterocycles. The number of hydrogen-bond acceptors (Lipinski definition) is 4. The molecule has 1 aromatic rings. The summed E-state index contributed by atoms with van der Waals surface area (Å²) in [6.45, 7) is 2.68. The van der Waals surface area contributed by atoms with Crippen LogP contribution in [0.15, 0.2) is 24.3 Å². The summed E-state index contributed by atoms with van der Waals surface area (Å²) in [6, 6.07) is 6.67. The van der Waals surface area contributed by atoms with E-state index in [1.807, 2.05) is 0 Å². The SMILES string of the molecule is O=C(CCN1CCCCC1)NCCCCCNCc1ccc(OC(F)F)cc1. The lowest BCUT2D eigenvalue weighted by Crippen LogP contribution is -2.34. The van der Waals surface area contributed by atoms with Gasteiger partial charge < -0.3 is 20.3 Å². The van der Waals surface area contributed by atoms with Crippen molar-refractivity contribution in [2.45, 2.75) is 58.1 Å². The van der Waals surface area contributed by atoms with Crippen molar-refractivity contribution >= 4 is 5.91 Å². The summed E-state index contributed by atoms with van der Waals surface area (Å²) in [4.78, 5) is 14.2. The first-order chi connectivity index (χ1) is 13.6. The molecule has 28 heavy (non-hydrogen) atoms. The van der Waals surface area contributed by atoms with Gasteiger partial charge in [0.1, 0.15) is 5.75 Å². The summed E-state index contributed by atoms with van der Waals surface area (Å²) < 4.78 is 28.5. The molecule has 0 aromatic heterocycles. The van der Waals surface area contributed by atoms with Gasteiger partial charge in [0.15, 0.2) is 0 Å². The zero-order chi connectivity index (χ0) is 20.0. The molecule has 0 radical (unpaired) electrons. The van der Waals surface area contributed by atoms with Crippen molar-refractivity contribution in [3.63, 3.8) is 0 Å². The maximum absolute atomic E-state index is 12.1. The van der Waals surface area contributed by atoms with E-state index < -0.39 is 6.61 Å². The van der Waals surface area contributed by atoms with Crippen LogP contribution in [0.5, 0.6) is 5.75 Å². The predicted molar refractivity (Wildman–Crippen MR) is 107 cm³/mol. The lowest BCUT2D eigenvalue weighted by molar-refractivity contribution is -0.121. The molecular weight excluding hydrogens is 364 g/mol. The Morgan fingerprint density at radius 3 is 2.46 bits per heavy atom. The summed E-state index contributed by atoms with van der Waals surface area (Å²) in [7, 11) is 0. The van der Waals surface area contributed by atoms with Gasteiger partial charge in [-0.15, -0.1) is 0 Å². The lowest BCUT2D eigenvalue weighted by atomic mass is 10.1. The number of nitrogens with one attached hydrogen (secondary N) is 2. The zero-order valence-electron chi connectivity index (χ0n) is 16.6. The molecule has 0 spiro atoms. The maximum atomic E-state index is 12.1. The molecule has 0 aliphatic carbocycles. The quantitative estimate of drug-likeness (QED) is 0.500. The maximum Gasteiger partial charge on any atom is 0.387 e. The van der Waals surface area contributed by atoms with Crippen LogP contribution in [-0.4, -0.2) is 50.1 Å². The molecule has 158 valence electrons. The molecule has 0 atom stereocenters. The molecule has 1 fully saturated rings. The van der Waals surface area contributed by atoms with Gasteiger partial charge >= 0.3 is 6.61 Å². The van der Waals surface area contributed by atoms with Gasteiger partial charge in [-0.25, -0.2) is 0 Å². The molecule has 5 nitrogen and oxygen atoms in total. The van der Waals surface area contributed by atoms with Gasteiger partial charge in [0.05, 0.1) is 0 Å². The van der Waals surface area contributed by atoms with Crippen molar-refractivity contribution in [2.24, 2.45) is 0 Å². The van der Waals surface area contributed by atoms with Crippen LogP contribution in [0.25, 0.3) is 0 Å². The molecule has 1 aliphatic rings. The first kappa shape index (κ1) is 22.6. The van der Waals surface area contributed by atoms with Crippen LogP contribution in [0.2, 0.25) is 0 Å². The first-order valence-corrected chi connectivity index (χ1v) is 10.4. The smallest absolute Gasteiger partial charge is 0.387 e. The van der Waals surface area contributed by atoms with E-state index in [1.54, 1.807) is 24.3 Å². The Morgan fingerprint density at radius 2 is 1.75 bits per heavy atom. The van der Waals surface area contributed by atoms with E-state index in [4.69, 9.17) is 0 Å². The molecule has 1 saturated heterocycles. The largest absolute Gasteiger partial charge is 0.435 e. The Labute approximate surface area is 166 Å². The van der Waals surface area contributed by atoms with Crippen LogP contribution < -0.4 is 15.4 Å². The monoisotopic (exact) mass is 397 g/mol. The van der Waals surface area contributed by atoms with Gasteiger partial charge in [0.25, 0.3) is 0 Å². The number of carbonyl (C=O) groups excluding carboxylic acids is 1. The Kier molecular flexibility index (Phi) is 10.8. The Morgan fingerprint density at radius 1 is 1.04 bits per heavy atom. The molecule has 0 bridgehead atoms. The second-order valence-corrected chi connectivity index (χ2v) is 7.26. The lowest BCUT2D eigenvalue weighted by Gasteiger charge is -2.25. The number of piperidine rings is 1. The van der Waals surface area contributed by atoms with E-state index in [-0.39, 0.29) is 11.7 Å². The van der Waals surface area contributed by atoms with Crippen LogP contribution in [0.4, 0.5) is 8.78 Å². The number of halogens is 2. The molecule has 1 aliphatic heterocycles. The van der Waals surface area contributed by atoms with Crippen molar-refractivity contribution in [2.75, 3.05) is 32.7 Å². The summed E-state index contributed by atoms with van der Waals surface area (Å²) in [6.07, 6.45) is 7.51. The average Bonchev–Trinajstić information content (AvgIpc) is 2.70. The number of likely N-dealkylation sites (tertiary alicyclic amines) is 1. The average molecular weight is 398 g/mol. The zero-order valence-corrected chi connectivity index (χ0v) is 16.6. The molecule has 2 N–H and O–H groups in total. The Hall–Kier alpha value is -1.73. The molecule has 1 amide bonds. The fourth-order valence-electron chi connectivity index (χ4n) is 3.33. The van der Waals surface area contributed by atoms with Gasteiger partial charge in [-0.3, -0.25) is 4.79 Å². The first-order valence-electron chi connectivity index (χ1n) is 10.4. The van der Waals surface area contributed by atoms with Crippen LogP contribution >= 0.6 is 0 Å². The highest BCUT2D eigenvalue weighted by atomic mass is 19.3. The highest BCUT2D eigenvalue weighted by Crippen LogP contribution is 2.14. The number of alkyl halides is 2. The second kappa shape index (κ2) is 13.4. The number of ether oxygens (including phenoxy) is 1. The summed E-state index contributed by atoms with van der Waals surface area (Å²) in [5, 5.41) is 6.34. The topological polar surface area (TPSA) is 53.6 Å². The van der Waals surface area contributed by atoms with E-state index in [9.17, 15) is 13.6 Å². The Bertz CT molecular complexity index is 549. The van der Waals surface area contributed by atoms with Crippen molar-refractivity contribution in [1.82, 2.24) is 15.5 Å². The Balaban J connectivity index is 1.41. The second-order valence-electron chi connectivity index (χ2n) is 7.26. The number of nitrogens with zero attached hydrogens (tertiary/aromatic N) is 1. The minimum Gasteiger partial charge on any atom is -0.435 e. The number of hydrogen-bond donors (Lipinski definition) is 2. The highest BCUT2D eigenvalue weighted by molar-refractivity contribution is 5.75. The van der Waals surface area contributed by atoms with Gasteiger partial charge in [-0.1, -0.05) is 25.0 Å². The summed E-state index contributed by atoms with van der Waals surface area (Å²) in [5.74, 6) is 0.333. The number of benzene rings is 1. The summed E-state index contributed by atoms with van der Waals surface area (Å²) >= 11 is 0. The normalized spacial score (nSPS) is 15.0. The number of rotatable bonds is 13. The third-order valence-corrected chi connectivity index (χ3v) is 4.93. The molecule has 7 heteroatoms. The number of unbranched alkanes of at least 4 members (excludes halogenated alkanes) is 2. The van der Waals surface area contributed by atoms with Crippen molar-refractivity contribution in [1.29, 1.82) is 0 Å². The van der Waals surface area contributed by atoms with Crippen molar-refractivity contribution < 1.29 is 18.3 Å². The van der Waals surface area contributed by atoms with E-state index in [1.165, 1.54) is 19.3 Å². The fourth-order valence-corrected chi connectivity index (χ4v) is 3.33. The van der Waals surface area contributed by atoms with Crippen molar-refractivity contribution in [3.05, 3.63) is 29.8 Å². The molecular formula is C21H33F2N3O2. The van der Waals surface area contributed by atoms with Crippen LogP contribution in [0, 0.1) is 0 Å².